The number of esters is 1. The van der Waals surface area contributed by atoms with Crippen LogP contribution >= 0.6 is 0 Å². The van der Waals surface area contributed by atoms with Gasteiger partial charge in [-0.05, 0) is 46.1 Å². The molecule has 0 bridgehead atoms. The van der Waals surface area contributed by atoms with Gasteiger partial charge in [-0.15, -0.1) is 0 Å². The molecule has 0 N–H and O–H groups in total. The fourth-order valence-electron chi connectivity index (χ4n) is 3.48. The van der Waals surface area contributed by atoms with Crippen molar-refractivity contribution in [2.45, 2.75) is 53.2 Å². The highest BCUT2D eigenvalue weighted by atomic mass is 16.5. The van der Waals surface area contributed by atoms with Crippen LogP contribution in [0.5, 0.6) is 0 Å². The highest BCUT2D eigenvalue weighted by Crippen LogP contribution is 2.18. The van der Waals surface area contributed by atoms with Crippen LogP contribution in [0.15, 0.2) is 24.3 Å². The molecule has 27 heavy (non-hydrogen) atoms. The second-order valence-electron chi connectivity index (χ2n) is 7.27. The first-order chi connectivity index (χ1) is 12.9. The molecule has 0 unspecified atom stereocenters. The molecule has 2 heterocycles. The van der Waals surface area contributed by atoms with Gasteiger partial charge in [0.1, 0.15) is 5.56 Å². The SMILES string of the molecule is Cc1ccc(Cn2nc(C)c(C(=O)O[C@H](C)C(=O)N3CCCC3)c2C)cc1. The number of ether oxygens (including phenoxy) is 1. The fraction of sp³-hybridized carbons (Fsp3) is 0.476. The van der Waals surface area contributed by atoms with Crippen molar-refractivity contribution in [3.8, 4) is 0 Å². The number of benzene rings is 1. The van der Waals surface area contributed by atoms with Crippen molar-refractivity contribution in [3.63, 3.8) is 0 Å². The largest absolute Gasteiger partial charge is 0.449 e. The molecule has 0 spiro atoms. The monoisotopic (exact) mass is 369 g/mol. The molecule has 1 aromatic carbocycles. The number of carbonyl (C=O) groups is 2. The van der Waals surface area contributed by atoms with E-state index in [-0.39, 0.29) is 5.91 Å². The van der Waals surface area contributed by atoms with Gasteiger partial charge < -0.3 is 9.64 Å². The minimum atomic E-state index is -0.783. The van der Waals surface area contributed by atoms with E-state index >= 15 is 0 Å². The van der Waals surface area contributed by atoms with E-state index in [0.29, 0.717) is 17.8 Å². The third-order valence-corrected chi connectivity index (χ3v) is 5.09. The topological polar surface area (TPSA) is 64.4 Å². The molecule has 0 saturated carbocycles. The molecule has 1 atom stereocenters. The Morgan fingerprint density at radius 1 is 1.11 bits per heavy atom. The van der Waals surface area contributed by atoms with Crippen molar-refractivity contribution in [2.75, 3.05) is 13.1 Å². The Kier molecular flexibility index (Phi) is 5.63. The Bertz CT molecular complexity index is 833. The van der Waals surface area contributed by atoms with Crippen LogP contribution in [-0.4, -0.2) is 45.8 Å². The summed E-state index contributed by atoms with van der Waals surface area (Å²) in [6, 6.07) is 8.23. The molecule has 3 rings (SSSR count). The number of aryl methyl sites for hydroxylation is 2. The highest BCUT2D eigenvalue weighted by Gasteiger charge is 2.28. The highest BCUT2D eigenvalue weighted by molar-refractivity contribution is 5.94. The molecule has 1 aliphatic heterocycles. The van der Waals surface area contributed by atoms with Crippen LogP contribution in [0.4, 0.5) is 0 Å². The molecule has 144 valence electrons. The van der Waals surface area contributed by atoms with Crippen LogP contribution in [0, 0.1) is 20.8 Å². The van der Waals surface area contributed by atoms with Crippen LogP contribution in [-0.2, 0) is 16.1 Å². The molecule has 0 aliphatic carbocycles. The molecule has 1 aliphatic rings. The van der Waals surface area contributed by atoms with Gasteiger partial charge in [0.2, 0.25) is 0 Å². The van der Waals surface area contributed by atoms with Gasteiger partial charge >= 0.3 is 5.97 Å². The maximum Gasteiger partial charge on any atom is 0.342 e. The second-order valence-corrected chi connectivity index (χ2v) is 7.27. The van der Waals surface area contributed by atoms with Crippen molar-refractivity contribution in [2.24, 2.45) is 0 Å². The summed E-state index contributed by atoms with van der Waals surface area (Å²) in [5, 5.41) is 4.50. The zero-order valence-electron chi connectivity index (χ0n) is 16.5. The lowest BCUT2D eigenvalue weighted by Gasteiger charge is -2.20. The maximum atomic E-state index is 12.7. The smallest absolute Gasteiger partial charge is 0.342 e. The van der Waals surface area contributed by atoms with Crippen LogP contribution in [0.2, 0.25) is 0 Å². The van der Waals surface area contributed by atoms with E-state index in [2.05, 4.69) is 29.4 Å². The number of hydrogen-bond acceptors (Lipinski definition) is 4. The summed E-state index contributed by atoms with van der Waals surface area (Å²) in [6.45, 7) is 9.41. The summed E-state index contributed by atoms with van der Waals surface area (Å²) < 4.78 is 7.28. The van der Waals surface area contributed by atoms with Gasteiger partial charge in [0.15, 0.2) is 6.10 Å². The molecule has 6 heteroatoms. The Hall–Kier alpha value is -2.63. The lowest BCUT2D eigenvalue weighted by Crippen LogP contribution is -2.38. The van der Waals surface area contributed by atoms with E-state index in [0.717, 1.165) is 37.2 Å². The molecule has 0 radical (unpaired) electrons. The maximum absolute atomic E-state index is 12.7. The van der Waals surface area contributed by atoms with E-state index in [1.807, 2.05) is 18.5 Å². The predicted octanol–water partition coefficient (Wildman–Crippen LogP) is 3.02. The molecule has 6 nitrogen and oxygen atoms in total. The van der Waals surface area contributed by atoms with Crippen molar-refractivity contribution < 1.29 is 14.3 Å². The summed E-state index contributed by atoms with van der Waals surface area (Å²) in [5.41, 5.74) is 4.13. The number of nitrogens with zero attached hydrogens (tertiary/aromatic N) is 3. The minimum absolute atomic E-state index is 0.122. The van der Waals surface area contributed by atoms with Gasteiger partial charge in [0, 0.05) is 13.1 Å². The van der Waals surface area contributed by atoms with Gasteiger partial charge in [-0.25, -0.2) is 4.79 Å². The van der Waals surface area contributed by atoms with Gasteiger partial charge in [0.25, 0.3) is 5.91 Å². The van der Waals surface area contributed by atoms with E-state index in [9.17, 15) is 9.59 Å². The van der Waals surface area contributed by atoms with Gasteiger partial charge in [0.05, 0.1) is 17.9 Å². The Labute approximate surface area is 160 Å². The van der Waals surface area contributed by atoms with E-state index < -0.39 is 12.1 Å². The summed E-state index contributed by atoms with van der Waals surface area (Å²) in [6.07, 6.45) is 1.24. The average molecular weight is 369 g/mol. The van der Waals surface area contributed by atoms with Crippen molar-refractivity contribution >= 4 is 11.9 Å². The number of amides is 1. The first-order valence-electron chi connectivity index (χ1n) is 9.46. The minimum Gasteiger partial charge on any atom is -0.449 e. The summed E-state index contributed by atoms with van der Waals surface area (Å²) in [5.74, 6) is -0.608. The van der Waals surface area contributed by atoms with E-state index in [1.54, 1.807) is 18.7 Å². The standard InChI is InChI=1S/C21H27N3O3/c1-14-7-9-18(10-8-14)13-24-16(3)19(15(2)22-24)21(26)27-17(4)20(25)23-11-5-6-12-23/h7-10,17H,5-6,11-13H2,1-4H3/t17-/m1/s1. The first-order valence-corrected chi connectivity index (χ1v) is 9.46. The van der Waals surface area contributed by atoms with Gasteiger partial charge in [-0.1, -0.05) is 29.8 Å². The predicted molar refractivity (Wildman–Crippen MR) is 103 cm³/mol. The first kappa shape index (κ1) is 19.1. The van der Waals surface area contributed by atoms with Gasteiger partial charge in [-0.3, -0.25) is 9.48 Å². The summed E-state index contributed by atoms with van der Waals surface area (Å²) in [7, 11) is 0. The fourth-order valence-corrected chi connectivity index (χ4v) is 3.48. The molecule has 2 aromatic rings. The van der Waals surface area contributed by atoms with Crippen LogP contribution in [0.3, 0.4) is 0 Å². The second kappa shape index (κ2) is 7.94. The van der Waals surface area contributed by atoms with Crippen LogP contribution < -0.4 is 0 Å². The molecule has 1 saturated heterocycles. The van der Waals surface area contributed by atoms with Crippen LogP contribution in [0.1, 0.15) is 52.6 Å². The molecular formula is C21H27N3O3. The Balaban J connectivity index is 1.72. The third-order valence-electron chi connectivity index (χ3n) is 5.09. The third kappa shape index (κ3) is 4.21. The Morgan fingerprint density at radius 2 is 1.74 bits per heavy atom. The molecule has 1 amide bonds. The lowest BCUT2D eigenvalue weighted by molar-refractivity contribution is -0.138. The number of hydrogen-bond donors (Lipinski definition) is 0. The van der Waals surface area contributed by atoms with Crippen molar-refractivity contribution in [1.29, 1.82) is 0 Å². The van der Waals surface area contributed by atoms with E-state index in [1.165, 1.54) is 5.56 Å². The zero-order valence-corrected chi connectivity index (χ0v) is 16.5. The normalized spacial score (nSPS) is 15.0. The number of aromatic nitrogens is 2. The van der Waals surface area contributed by atoms with E-state index in [4.69, 9.17) is 4.74 Å². The van der Waals surface area contributed by atoms with Gasteiger partial charge in [-0.2, -0.15) is 5.10 Å². The van der Waals surface area contributed by atoms with Crippen molar-refractivity contribution in [3.05, 3.63) is 52.3 Å². The summed E-state index contributed by atoms with van der Waals surface area (Å²) in [4.78, 5) is 26.8. The molecule has 1 fully saturated rings. The lowest BCUT2D eigenvalue weighted by atomic mass is 10.1. The van der Waals surface area contributed by atoms with Crippen molar-refractivity contribution in [1.82, 2.24) is 14.7 Å². The quantitative estimate of drug-likeness (QED) is 0.760. The average Bonchev–Trinajstić information content (AvgIpc) is 3.25. The number of rotatable bonds is 5. The van der Waals surface area contributed by atoms with Crippen LogP contribution in [0.25, 0.3) is 0 Å². The number of carbonyl (C=O) groups excluding carboxylic acids is 2. The molecular weight excluding hydrogens is 342 g/mol. The molecule has 1 aromatic heterocycles. The Morgan fingerprint density at radius 3 is 2.37 bits per heavy atom. The summed E-state index contributed by atoms with van der Waals surface area (Å²) >= 11 is 0. The zero-order chi connectivity index (χ0) is 19.6. The number of likely N-dealkylation sites (tertiary alicyclic amines) is 1.